The molecule has 0 saturated carbocycles. The van der Waals surface area contributed by atoms with Crippen LogP contribution in [-0.2, 0) is 9.53 Å². The maximum absolute atomic E-state index is 11.7. The van der Waals surface area contributed by atoms with E-state index in [1.54, 1.807) is 24.3 Å². The molecule has 4 N–H and O–H groups in total. The van der Waals surface area contributed by atoms with Crippen LogP contribution >= 0.6 is 0 Å². The summed E-state index contributed by atoms with van der Waals surface area (Å²) in [7, 11) is 0. The minimum atomic E-state index is -0.175. The normalized spacial score (nSPS) is 19.0. The molecule has 21 heavy (non-hydrogen) atoms. The molecule has 1 heterocycles. The van der Waals surface area contributed by atoms with Crippen LogP contribution in [0, 0.1) is 0 Å². The Morgan fingerprint density at radius 1 is 1.48 bits per heavy atom. The summed E-state index contributed by atoms with van der Waals surface area (Å²) in [5.41, 5.74) is 6.03. The number of nitrogens with two attached hydrogens (primary N) is 1. The Bertz CT molecular complexity index is 495. The summed E-state index contributed by atoms with van der Waals surface area (Å²) in [6, 6.07) is 6.68. The number of carbonyl (C=O) groups excluding carboxylic acids is 1. The van der Waals surface area contributed by atoms with Gasteiger partial charge in [0.25, 0.3) is 5.91 Å². The van der Waals surface area contributed by atoms with Crippen molar-refractivity contribution in [2.45, 2.75) is 18.9 Å². The molecule has 7 heteroatoms. The van der Waals surface area contributed by atoms with Crippen molar-refractivity contribution in [3.63, 3.8) is 0 Å². The second-order valence-electron chi connectivity index (χ2n) is 4.78. The molecule has 0 spiro atoms. The monoisotopic (exact) mass is 293 g/mol. The first kappa shape index (κ1) is 15.1. The molecule has 0 radical (unpaired) electrons. The SMILES string of the molecule is NC(=NO)c1ccc(OCC(=O)NC2CCCOC2)cc1. The van der Waals surface area contributed by atoms with Gasteiger partial charge in [0.1, 0.15) is 5.75 Å². The van der Waals surface area contributed by atoms with E-state index in [0.29, 0.717) is 17.9 Å². The van der Waals surface area contributed by atoms with Gasteiger partial charge in [0.2, 0.25) is 0 Å². The highest BCUT2D eigenvalue weighted by molar-refractivity contribution is 5.97. The minimum absolute atomic E-state index is 0.0246. The molecular weight excluding hydrogens is 274 g/mol. The van der Waals surface area contributed by atoms with Crippen LogP contribution in [0.2, 0.25) is 0 Å². The van der Waals surface area contributed by atoms with Crippen molar-refractivity contribution in [2.75, 3.05) is 19.8 Å². The highest BCUT2D eigenvalue weighted by Gasteiger charge is 2.16. The fourth-order valence-corrected chi connectivity index (χ4v) is 2.05. The van der Waals surface area contributed by atoms with Crippen molar-refractivity contribution in [3.05, 3.63) is 29.8 Å². The highest BCUT2D eigenvalue weighted by Crippen LogP contribution is 2.12. The first-order chi connectivity index (χ1) is 10.2. The van der Waals surface area contributed by atoms with E-state index in [1.165, 1.54) is 0 Å². The van der Waals surface area contributed by atoms with E-state index in [1.807, 2.05) is 0 Å². The third-order valence-corrected chi connectivity index (χ3v) is 3.15. The van der Waals surface area contributed by atoms with E-state index in [9.17, 15) is 4.79 Å². The third-order valence-electron chi connectivity index (χ3n) is 3.15. The van der Waals surface area contributed by atoms with Crippen LogP contribution in [-0.4, -0.2) is 42.8 Å². The largest absolute Gasteiger partial charge is 0.484 e. The maximum atomic E-state index is 11.7. The van der Waals surface area contributed by atoms with Gasteiger partial charge in [-0.3, -0.25) is 4.79 Å². The molecule has 1 aliphatic heterocycles. The summed E-state index contributed by atoms with van der Waals surface area (Å²) < 4.78 is 10.7. The Kier molecular flexibility index (Phi) is 5.39. The number of carbonyl (C=O) groups is 1. The second-order valence-corrected chi connectivity index (χ2v) is 4.78. The minimum Gasteiger partial charge on any atom is -0.484 e. The zero-order valence-electron chi connectivity index (χ0n) is 11.6. The van der Waals surface area contributed by atoms with Crippen molar-refractivity contribution < 1.29 is 19.5 Å². The van der Waals surface area contributed by atoms with E-state index < -0.39 is 0 Å². The predicted octanol–water partition coefficient (Wildman–Crippen LogP) is 0.455. The van der Waals surface area contributed by atoms with E-state index in [2.05, 4.69) is 10.5 Å². The third kappa shape index (κ3) is 4.64. The smallest absolute Gasteiger partial charge is 0.258 e. The number of amidine groups is 1. The lowest BCUT2D eigenvalue weighted by Crippen LogP contribution is -2.42. The summed E-state index contributed by atoms with van der Waals surface area (Å²) >= 11 is 0. The molecule has 1 aliphatic rings. The van der Waals surface area contributed by atoms with Gasteiger partial charge in [-0.1, -0.05) is 5.16 Å². The summed E-state index contributed by atoms with van der Waals surface area (Å²) in [4.78, 5) is 11.7. The van der Waals surface area contributed by atoms with Crippen LogP contribution in [0.5, 0.6) is 5.75 Å². The van der Waals surface area contributed by atoms with Crippen molar-refractivity contribution in [1.29, 1.82) is 0 Å². The molecule has 1 amide bonds. The molecule has 1 saturated heterocycles. The van der Waals surface area contributed by atoms with Crippen LogP contribution < -0.4 is 15.8 Å². The van der Waals surface area contributed by atoms with Gasteiger partial charge in [0.15, 0.2) is 12.4 Å². The van der Waals surface area contributed by atoms with Gasteiger partial charge in [-0.15, -0.1) is 0 Å². The highest BCUT2D eigenvalue weighted by atomic mass is 16.5. The summed E-state index contributed by atoms with van der Waals surface area (Å²) in [5.74, 6) is 0.391. The van der Waals surface area contributed by atoms with Gasteiger partial charge >= 0.3 is 0 Å². The van der Waals surface area contributed by atoms with E-state index in [4.69, 9.17) is 20.4 Å². The molecule has 1 aromatic rings. The standard InChI is InChI=1S/C14H19N3O4/c15-14(17-19)10-3-5-12(6-4-10)21-9-13(18)16-11-2-1-7-20-8-11/h3-6,11,19H,1-2,7-9H2,(H2,15,17)(H,16,18). The molecular formula is C14H19N3O4. The van der Waals surface area contributed by atoms with Crippen molar-refractivity contribution in [1.82, 2.24) is 5.32 Å². The molecule has 2 rings (SSSR count). The molecule has 1 atom stereocenters. The molecule has 7 nitrogen and oxygen atoms in total. The molecule has 0 aromatic heterocycles. The van der Waals surface area contributed by atoms with E-state index >= 15 is 0 Å². The Labute approximate surface area is 122 Å². The fourth-order valence-electron chi connectivity index (χ4n) is 2.05. The molecule has 0 bridgehead atoms. The number of hydrogen-bond donors (Lipinski definition) is 3. The first-order valence-electron chi connectivity index (χ1n) is 6.77. The zero-order valence-corrected chi connectivity index (χ0v) is 11.6. The number of amides is 1. The van der Waals surface area contributed by atoms with Gasteiger partial charge in [-0.25, -0.2) is 0 Å². The maximum Gasteiger partial charge on any atom is 0.258 e. The van der Waals surface area contributed by atoms with Gasteiger partial charge in [-0.2, -0.15) is 0 Å². The molecule has 0 aliphatic carbocycles. The number of nitrogens with zero attached hydrogens (tertiary/aromatic N) is 1. The number of benzene rings is 1. The lowest BCUT2D eigenvalue weighted by Gasteiger charge is -2.23. The lowest BCUT2D eigenvalue weighted by molar-refractivity contribution is -0.124. The predicted molar refractivity (Wildman–Crippen MR) is 76.4 cm³/mol. The Morgan fingerprint density at radius 3 is 2.86 bits per heavy atom. The summed E-state index contributed by atoms with van der Waals surface area (Å²) in [6.45, 7) is 1.26. The van der Waals surface area contributed by atoms with Gasteiger partial charge in [0, 0.05) is 12.2 Å². The van der Waals surface area contributed by atoms with Gasteiger partial charge in [-0.05, 0) is 37.1 Å². The quantitative estimate of drug-likeness (QED) is 0.316. The van der Waals surface area contributed by atoms with Crippen LogP contribution in [0.25, 0.3) is 0 Å². The van der Waals surface area contributed by atoms with Gasteiger partial charge in [0.05, 0.1) is 12.6 Å². The number of hydrogen-bond acceptors (Lipinski definition) is 5. The van der Waals surface area contributed by atoms with Crippen molar-refractivity contribution >= 4 is 11.7 Å². The lowest BCUT2D eigenvalue weighted by atomic mass is 10.1. The number of rotatable bonds is 5. The summed E-state index contributed by atoms with van der Waals surface area (Å²) in [6.07, 6.45) is 1.89. The van der Waals surface area contributed by atoms with Crippen LogP contribution in [0.3, 0.4) is 0 Å². The molecule has 1 unspecified atom stereocenters. The molecule has 1 fully saturated rings. The first-order valence-corrected chi connectivity index (χ1v) is 6.77. The van der Waals surface area contributed by atoms with E-state index in [0.717, 1.165) is 19.4 Å². The van der Waals surface area contributed by atoms with E-state index in [-0.39, 0.29) is 24.4 Å². The fraction of sp³-hybridized carbons (Fsp3) is 0.429. The van der Waals surface area contributed by atoms with Crippen LogP contribution in [0.4, 0.5) is 0 Å². The van der Waals surface area contributed by atoms with Crippen molar-refractivity contribution in [2.24, 2.45) is 10.9 Å². The number of nitrogens with one attached hydrogen (secondary N) is 1. The van der Waals surface area contributed by atoms with Gasteiger partial charge < -0.3 is 25.7 Å². The molecule has 114 valence electrons. The average Bonchev–Trinajstić information content (AvgIpc) is 2.53. The van der Waals surface area contributed by atoms with Crippen LogP contribution in [0.15, 0.2) is 29.4 Å². The zero-order chi connectivity index (χ0) is 15.1. The average molecular weight is 293 g/mol. The second kappa shape index (κ2) is 7.49. The Morgan fingerprint density at radius 2 is 2.24 bits per heavy atom. The Balaban J connectivity index is 1.78. The van der Waals surface area contributed by atoms with Crippen LogP contribution in [0.1, 0.15) is 18.4 Å². The summed E-state index contributed by atoms with van der Waals surface area (Å²) in [5, 5.41) is 14.3. The number of ether oxygens (including phenoxy) is 2. The topological polar surface area (TPSA) is 106 Å². The molecule has 1 aromatic carbocycles. The Hall–Kier alpha value is -2.28. The number of oxime groups is 1. The van der Waals surface area contributed by atoms with Crippen molar-refractivity contribution in [3.8, 4) is 5.75 Å².